The molecule has 3 nitrogen and oxygen atoms in total. The van der Waals surface area contributed by atoms with E-state index < -0.39 is 0 Å². The normalized spacial score (nSPS) is 10.4. The Kier molecular flexibility index (Phi) is 6.23. The van der Waals surface area contributed by atoms with Gasteiger partial charge in [0, 0.05) is 23.3 Å². The van der Waals surface area contributed by atoms with Gasteiger partial charge in [0.2, 0.25) is 5.91 Å². The maximum atomic E-state index is 12.0. The first kappa shape index (κ1) is 17.2. The van der Waals surface area contributed by atoms with Gasteiger partial charge in [0.1, 0.15) is 5.82 Å². The molecule has 0 aliphatic carbocycles. The Labute approximate surface area is 152 Å². The van der Waals surface area contributed by atoms with Crippen molar-refractivity contribution >= 4 is 23.5 Å². The molecule has 1 heterocycles. The zero-order chi connectivity index (χ0) is 17.3. The van der Waals surface area contributed by atoms with E-state index in [-0.39, 0.29) is 5.91 Å². The summed E-state index contributed by atoms with van der Waals surface area (Å²) in [5.41, 5.74) is 2.45. The minimum Gasteiger partial charge on any atom is -0.311 e. The van der Waals surface area contributed by atoms with Crippen LogP contribution < -0.4 is 5.32 Å². The molecule has 0 saturated heterocycles. The molecule has 0 fully saturated rings. The summed E-state index contributed by atoms with van der Waals surface area (Å²) in [4.78, 5) is 17.4. The van der Waals surface area contributed by atoms with Gasteiger partial charge in [-0.25, -0.2) is 4.98 Å². The molecule has 0 unspecified atom stereocenters. The summed E-state index contributed by atoms with van der Waals surface area (Å²) in [6, 6.07) is 24.2. The van der Waals surface area contributed by atoms with E-state index in [4.69, 9.17) is 0 Å². The number of anilines is 1. The SMILES string of the molecule is O=C(CCc1ccccc1)Nc1ccc(SCc2ccccc2)cn1. The number of aryl methyl sites for hydroxylation is 1. The van der Waals surface area contributed by atoms with Crippen LogP contribution in [0, 0.1) is 0 Å². The van der Waals surface area contributed by atoms with Crippen LogP contribution in [0.15, 0.2) is 83.9 Å². The van der Waals surface area contributed by atoms with Crippen LogP contribution in [0.5, 0.6) is 0 Å². The Morgan fingerprint density at radius 2 is 1.56 bits per heavy atom. The van der Waals surface area contributed by atoms with E-state index in [0.717, 1.165) is 17.1 Å². The second-order valence-corrected chi connectivity index (χ2v) is 6.74. The first-order chi connectivity index (χ1) is 12.3. The summed E-state index contributed by atoms with van der Waals surface area (Å²) in [7, 11) is 0. The zero-order valence-electron chi connectivity index (χ0n) is 13.9. The van der Waals surface area contributed by atoms with E-state index >= 15 is 0 Å². The van der Waals surface area contributed by atoms with Crippen LogP contribution in [0.2, 0.25) is 0 Å². The van der Waals surface area contributed by atoms with Crippen molar-refractivity contribution < 1.29 is 4.79 Å². The molecule has 126 valence electrons. The van der Waals surface area contributed by atoms with Crippen LogP contribution in [0.3, 0.4) is 0 Å². The van der Waals surface area contributed by atoms with Gasteiger partial charge in [-0.3, -0.25) is 4.79 Å². The van der Waals surface area contributed by atoms with Crippen molar-refractivity contribution in [3.05, 3.63) is 90.1 Å². The molecule has 1 amide bonds. The van der Waals surface area contributed by atoms with E-state index in [1.165, 1.54) is 11.1 Å². The molecule has 25 heavy (non-hydrogen) atoms. The molecule has 0 spiro atoms. The highest BCUT2D eigenvalue weighted by molar-refractivity contribution is 7.98. The number of thioether (sulfide) groups is 1. The number of hydrogen-bond acceptors (Lipinski definition) is 3. The van der Waals surface area contributed by atoms with Crippen molar-refractivity contribution in [2.45, 2.75) is 23.5 Å². The number of benzene rings is 2. The van der Waals surface area contributed by atoms with E-state index in [9.17, 15) is 4.79 Å². The number of pyridine rings is 1. The predicted molar refractivity (Wildman–Crippen MR) is 104 cm³/mol. The smallest absolute Gasteiger partial charge is 0.225 e. The Balaban J connectivity index is 1.46. The first-order valence-electron chi connectivity index (χ1n) is 8.26. The van der Waals surface area contributed by atoms with Crippen LogP contribution in [0.1, 0.15) is 17.5 Å². The summed E-state index contributed by atoms with van der Waals surface area (Å²) < 4.78 is 0. The number of nitrogens with zero attached hydrogens (tertiary/aromatic N) is 1. The minimum atomic E-state index is -0.0129. The van der Waals surface area contributed by atoms with Crippen molar-refractivity contribution in [3.8, 4) is 0 Å². The van der Waals surface area contributed by atoms with Crippen LogP contribution in [-0.2, 0) is 17.0 Å². The lowest BCUT2D eigenvalue weighted by molar-refractivity contribution is -0.116. The number of carbonyl (C=O) groups is 1. The Bertz CT molecular complexity index is 789. The van der Waals surface area contributed by atoms with Crippen molar-refractivity contribution in [2.24, 2.45) is 0 Å². The standard InChI is InChI=1S/C21H20N2OS/c24-21(14-11-17-7-3-1-4-8-17)23-20-13-12-19(15-22-20)25-16-18-9-5-2-6-10-18/h1-10,12-13,15H,11,14,16H2,(H,22,23,24). The number of amides is 1. The maximum Gasteiger partial charge on any atom is 0.225 e. The lowest BCUT2D eigenvalue weighted by atomic mass is 10.1. The fourth-order valence-electron chi connectivity index (χ4n) is 2.39. The highest BCUT2D eigenvalue weighted by Gasteiger charge is 2.04. The number of rotatable bonds is 7. The Morgan fingerprint density at radius 3 is 2.20 bits per heavy atom. The third-order valence-corrected chi connectivity index (χ3v) is 4.79. The molecule has 3 aromatic rings. The fraction of sp³-hybridized carbons (Fsp3) is 0.143. The summed E-state index contributed by atoms with van der Waals surface area (Å²) in [6.45, 7) is 0. The van der Waals surface area contributed by atoms with E-state index in [1.54, 1.807) is 18.0 Å². The number of nitrogens with one attached hydrogen (secondary N) is 1. The van der Waals surface area contributed by atoms with Gasteiger partial charge in [-0.15, -0.1) is 11.8 Å². The van der Waals surface area contributed by atoms with Gasteiger partial charge in [-0.05, 0) is 29.7 Å². The summed E-state index contributed by atoms with van der Waals surface area (Å²) in [6.07, 6.45) is 2.99. The molecule has 0 atom stereocenters. The monoisotopic (exact) mass is 348 g/mol. The minimum absolute atomic E-state index is 0.0129. The number of hydrogen-bond donors (Lipinski definition) is 1. The van der Waals surface area contributed by atoms with Gasteiger partial charge in [0.25, 0.3) is 0 Å². The zero-order valence-corrected chi connectivity index (χ0v) is 14.7. The molecule has 1 N–H and O–H groups in total. The second kappa shape index (κ2) is 9.04. The molecule has 0 aliphatic heterocycles. The summed E-state index contributed by atoms with van der Waals surface area (Å²) in [5.74, 6) is 1.49. The lowest BCUT2D eigenvalue weighted by Gasteiger charge is -2.06. The van der Waals surface area contributed by atoms with Crippen molar-refractivity contribution in [2.75, 3.05) is 5.32 Å². The third-order valence-electron chi connectivity index (χ3n) is 3.74. The van der Waals surface area contributed by atoms with Gasteiger partial charge in [0.15, 0.2) is 0 Å². The molecule has 4 heteroatoms. The molecule has 0 bridgehead atoms. The quantitative estimate of drug-likeness (QED) is 0.615. The number of carbonyl (C=O) groups excluding carboxylic acids is 1. The fourth-order valence-corrected chi connectivity index (χ4v) is 3.21. The topological polar surface area (TPSA) is 42.0 Å². The molecule has 1 aromatic heterocycles. The first-order valence-corrected chi connectivity index (χ1v) is 9.25. The molecule has 0 radical (unpaired) electrons. The molecule has 3 rings (SSSR count). The van der Waals surface area contributed by atoms with Crippen LogP contribution in [-0.4, -0.2) is 10.9 Å². The third kappa shape index (κ3) is 5.76. The van der Waals surface area contributed by atoms with E-state index in [1.807, 2.05) is 60.7 Å². The Morgan fingerprint density at radius 1 is 0.880 bits per heavy atom. The average molecular weight is 348 g/mol. The van der Waals surface area contributed by atoms with Gasteiger partial charge in [-0.1, -0.05) is 60.7 Å². The predicted octanol–water partition coefficient (Wildman–Crippen LogP) is 4.95. The van der Waals surface area contributed by atoms with Crippen LogP contribution >= 0.6 is 11.8 Å². The summed E-state index contributed by atoms with van der Waals surface area (Å²) >= 11 is 1.73. The van der Waals surface area contributed by atoms with Gasteiger partial charge in [-0.2, -0.15) is 0 Å². The van der Waals surface area contributed by atoms with Crippen molar-refractivity contribution in [1.82, 2.24) is 4.98 Å². The highest BCUT2D eigenvalue weighted by atomic mass is 32.2. The van der Waals surface area contributed by atoms with Crippen LogP contribution in [0.25, 0.3) is 0 Å². The van der Waals surface area contributed by atoms with Gasteiger partial charge >= 0.3 is 0 Å². The molecule has 2 aromatic carbocycles. The average Bonchev–Trinajstić information content (AvgIpc) is 2.67. The molecular formula is C21H20N2OS. The highest BCUT2D eigenvalue weighted by Crippen LogP contribution is 2.22. The summed E-state index contributed by atoms with van der Waals surface area (Å²) in [5, 5.41) is 2.85. The largest absolute Gasteiger partial charge is 0.311 e. The number of aromatic nitrogens is 1. The van der Waals surface area contributed by atoms with Gasteiger partial charge in [0.05, 0.1) is 0 Å². The molecular weight excluding hydrogens is 328 g/mol. The van der Waals surface area contributed by atoms with Crippen molar-refractivity contribution in [3.63, 3.8) is 0 Å². The van der Waals surface area contributed by atoms with E-state index in [0.29, 0.717) is 12.2 Å². The van der Waals surface area contributed by atoms with Gasteiger partial charge < -0.3 is 5.32 Å². The molecule has 0 saturated carbocycles. The second-order valence-electron chi connectivity index (χ2n) is 5.69. The maximum absolute atomic E-state index is 12.0. The van der Waals surface area contributed by atoms with E-state index in [2.05, 4.69) is 22.4 Å². The van der Waals surface area contributed by atoms with Crippen molar-refractivity contribution in [1.29, 1.82) is 0 Å². The van der Waals surface area contributed by atoms with Crippen LogP contribution in [0.4, 0.5) is 5.82 Å². The Hall–Kier alpha value is -2.59. The molecule has 0 aliphatic rings. The lowest BCUT2D eigenvalue weighted by Crippen LogP contribution is -2.13.